The number of carbonyl (C=O) groups excluding carboxylic acids is 7. The van der Waals surface area contributed by atoms with Crippen LogP contribution in [0.4, 0.5) is 4.79 Å². The highest BCUT2D eigenvalue weighted by Gasteiger charge is 2.28. The SMILES string of the molecule is CC(C)(C)OC(=O)CN(CCN(CCN(CC(=O)OC(C)(C)C)CC(=O)OC(C)(C)C)CC(=O)NCc1ccc(CCC(=O)NNC(=O)[C@@H](Cc2c[nH]c3ccccc23)NC(=O)OC(C)(C)C)cc1)CC(=O)O. The van der Waals surface area contributed by atoms with Gasteiger partial charge in [0, 0.05) is 62.7 Å². The summed E-state index contributed by atoms with van der Waals surface area (Å²) in [6.07, 6.45) is 1.44. The predicted octanol–water partition coefficient (Wildman–Crippen LogP) is 4.02. The van der Waals surface area contributed by atoms with Gasteiger partial charge in [-0.3, -0.25) is 59.1 Å². The maximum absolute atomic E-state index is 13.5. The maximum Gasteiger partial charge on any atom is 0.408 e. The molecule has 1 aromatic heterocycles. The number of hydrogen-bond acceptors (Lipinski definition) is 15. The van der Waals surface area contributed by atoms with Crippen molar-refractivity contribution in [2.24, 2.45) is 0 Å². The number of aromatic amines is 1. The molecule has 0 aliphatic rings. The summed E-state index contributed by atoms with van der Waals surface area (Å²) < 4.78 is 21.9. The molecule has 0 radical (unpaired) electrons. The van der Waals surface area contributed by atoms with Gasteiger partial charge in [0.1, 0.15) is 28.4 Å². The Morgan fingerprint density at radius 3 is 1.56 bits per heavy atom. The van der Waals surface area contributed by atoms with Gasteiger partial charge in [-0.1, -0.05) is 42.5 Å². The smallest absolute Gasteiger partial charge is 0.408 e. The molecule has 3 aromatic rings. The summed E-state index contributed by atoms with van der Waals surface area (Å²) in [6, 6.07) is 13.7. The largest absolute Gasteiger partial charge is 0.480 e. The van der Waals surface area contributed by atoms with Gasteiger partial charge in [-0.15, -0.1) is 0 Å². The van der Waals surface area contributed by atoms with Gasteiger partial charge in [-0.25, -0.2) is 4.79 Å². The van der Waals surface area contributed by atoms with Crippen LogP contribution in [-0.2, 0) is 71.9 Å². The van der Waals surface area contributed by atoms with Crippen LogP contribution in [0.2, 0.25) is 0 Å². The minimum absolute atomic E-state index is 0.0213. The van der Waals surface area contributed by atoms with Crippen molar-refractivity contribution in [1.29, 1.82) is 0 Å². The molecule has 3 rings (SSSR count). The zero-order valence-electron chi connectivity index (χ0n) is 44.7. The van der Waals surface area contributed by atoms with Gasteiger partial charge in [0.05, 0.1) is 32.7 Å². The van der Waals surface area contributed by atoms with E-state index in [4.69, 9.17) is 18.9 Å². The Balaban J connectivity index is 1.65. The number of amides is 4. The molecule has 1 atom stereocenters. The number of benzene rings is 2. The molecule has 0 saturated carbocycles. The summed E-state index contributed by atoms with van der Waals surface area (Å²) in [5.41, 5.74) is 4.91. The highest BCUT2D eigenvalue weighted by atomic mass is 16.6. The number of H-pyrrole nitrogens is 1. The second-order valence-corrected chi connectivity index (χ2v) is 21.7. The fourth-order valence-corrected chi connectivity index (χ4v) is 7.13. The van der Waals surface area contributed by atoms with E-state index in [1.54, 1.807) is 111 Å². The average molecular weight is 1020 g/mol. The number of carboxylic acids is 1. The van der Waals surface area contributed by atoms with Crippen LogP contribution in [0.5, 0.6) is 0 Å². The van der Waals surface area contributed by atoms with Gasteiger partial charge >= 0.3 is 30.0 Å². The van der Waals surface area contributed by atoms with Crippen molar-refractivity contribution in [3.05, 3.63) is 71.4 Å². The van der Waals surface area contributed by atoms with E-state index >= 15 is 0 Å². The molecule has 0 spiro atoms. The molecule has 0 aliphatic heterocycles. The van der Waals surface area contributed by atoms with Gasteiger partial charge in [0.25, 0.3) is 5.91 Å². The Morgan fingerprint density at radius 2 is 1.05 bits per heavy atom. The molecule has 0 saturated heterocycles. The van der Waals surface area contributed by atoms with Crippen LogP contribution in [0.3, 0.4) is 0 Å². The molecule has 0 aliphatic carbocycles. The van der Waals surface area contributed by atoms with Crippen molar-refractivity contribution in [2.45, 2.75) is 137 Å². The fourth-order valence-electron chi connectivity index (χ4n) is 7.13. The second kappa shape index (κ2) is 27.5. The first-order valence-corrected chi connectivity index (χ1v) is 24.3. The summed E-state index contributed by atoms with van der Waals surface area (Å²) in [4.78, 5) is 111. The van der Waals surface area contributed by atoms with Crippen molar-refractivity contribution in [3.8, 4) is 0 Å². The van der Waals surface area contributed by atoms with E-state index in [-0.39, 0.29) is 77.7 Å². The maximum atomic E-state index is 13.5. The zero-order chi connectivity index (χ0) is 54.7. The topological polar surface area (TPSA) is 267 Å². The number of hydrazine groups is 1. The second-order valence-electron chi connectivity index (χ2n) is 21.7. The Bertz CT molecular complexity index is 2310. The molecule has 21 heteroatoms. The summed E-state index contributed by atoms with van der Waals surface area (Å²) in [6.45, 7) is 19.7. The number of ether oxygens (including phenoxy) is 4. The van der Waals surface area contributed by atoms with Crippen molar-refractivity contribution in [1.82, 2.24) is 41.2 Å². The quantitative estimate of drug-likeness (QED) is 0.0398. The molecule has 0 fully saturated rings. The van der Waals surface area contributed by atoms with Crippen LogP contribution in [0.15, 0.2) is 54.7 Å². The number of carboxylic acid groups (broad SMARTS) is 1. The van der Waals surface area contributed by atoms with E-state index in [2.05, 4.69) is 26.5 Å². The van der Waals surface area contributed by atoms with Crippen LogP contribution in [0, 0.1) is 0 Å². The standard InChI is InChI=1S/C52H78N8O13/c1-49(2,3)70-44(65)32-59(31-43(63)64)25-23-58(24-26-60(33-45(66)71-50(4,5)6)34-46(67)72-51(7,8)9)30-42(62)54-28-36-19-17-35(18-20-36)21-22-41(61)56-57-47(68)40(55-48(69)73-52(10,11)12)27-37-29-53-39-16-14-13-15-38(37)39/h13-20,29,40,53H,21-28,30-34H2,1-12H3,(H,54,62)(H,55,69)(H,56,61)(H,57,68)(H,63,64)/t40-/m1/s1. The number of nitrogens with one attached hydrogen (secondary N) is 5. The molecule has 73 heavy (non-hydrogen) atoms. The average Bonchev–Trinajstić information content (AvgIpc) is 3.64. The number of para-hydroxylation sites is 1. The first-order valence-electron chi connectivity index (χ1n) is 24.3. The third kappa shape index (κ3) is 26.1. The Labute approximate surface area is 428 Å². The number of esters is 3. The van der Waals surface area contributed by atoms with Crippen LogP contribution >= 0.6 is 0 Å². The zero-order valence-corrected chi connectivity index (χ0v) is 44.7. The lowest BCUT2D eigenvalue weighted by atomic mass is 10.0. The summed E-state index contributed by atoms with van der Waals surface area (Å²) >= 11 is 0. The molecular formula is C52H78N8O13. The number of carbonyl (C=O) groups is 8. The normalized spacial score (nSPS) is 12.5. The fraction of sp³-hybridized carbons (Fsp3) is 0.577. The summed E-state index contributed by atoms with van der Waals surface area (Å²) in [7, 11) is 0. The van der Waals surface area contributed by atoms with E-state index in [1.165, 1.54) is 4.90 Å². The number of hydrogen-bond donors (Lipinski definition) is 6. The number of alkyl carbamates (subject to hydrolysis) is 1. The van der Waals surface area contributed by atoms with Gasteiger partial charge in [0.2, 0.25) is 11.8 Å². The number of fused-ring (bicyclic) bond motifs is 1. The minimum atomic E-state index is -1.16. The Hall–Kier alpha value is -6.58. The van der Waals surface area contributed by atoms with Crippen LogP contribution in [0.25, 0.3) is 10.9 Å². The van der Waals surface area contributed by atoms with Crippen LogP contribution in [-0.4, -0.2) is 160 Å². The van der Waals surface area contributed by atoms with Crippen molar-refractivity contribution in [3.63, 3.8) is 0 Å². The van der Waals surface area contributed by atoms with E-state index in [0.717, 1.165) is 27.6 Å². The highest BCUT2D eigenvalue weighted by Crippen LogP contribution is 2.20. The van der Waals surface area contributed by atoms with E-state index in [0.29, 0.717) is 6.42 Å². The Morgan fingerprint density at radius 1 is 0.575 bits per heavy atom. The van der Waals surface area contributed by atoms with Crippen molar-refractivity contribution >= 4 is 58.6 Å². The number of aliphatic carboxylic acids is 1. The number of aromatic nitrogens is 1. The van der Waals surface area contributed by atoms with Gasteiger partial charge < -0.3 is 39.7 Å². The van der Waals surface area contributed by atoms with Crippen molar-refractivity contribution < 1.29 is 62.4 Å². The minimum Gasteiger partial charge on any atom is -0.480 e. The van der Waals surface area contributed by atoms with Gasteiger partial charge in [0.15, 0.2) is 0 Å². The molecule has 4 amide bonds. The molecule has 6 N–H and O–H groups in total. The Kier molecular flexibility index (Phi) is 22.8. The molecule has 404 valence electrons. The molecule has 1 heterocycles. The van der Waals surface area contributed by atoms with Crippen LogP contribution in [0.1, 0.15) is 106 Å². The van der Waals surface area contributed by atoms with Crippen LogP contribution < -0.4 is 21.5 Å². The monoisotopic (exact) mass is 1020 g/mol. The van der Waals surface area contributed by atoms with Gasteiger partial charge in [-0.05, 0) is 112 Å². The first-order chi connectivity index (χ1) is 33.8. The molecule has 0 unspecified atom stereocenters. The summed E-state index contributed by atoms with van der Waals surface area (Å²) in [5, 5.41) is 16.0. The molecular weight excluding hydrogens is 945 g/mol. The molecule has 2 aromatic carbocycles. The van der Waals surface area contributed by atoms with Gasteiger partial charge in [-0.2, -0.15) is 0 Å². The number of nitrogens with zero attached hydrogens (tertiary/aromatic N) is 3. The lowest BCUT2D eigenvalue weighted by Gasteiger charge is -2.30. The lowest BCUT2D eigenvalue weighted by molar-refractivity contribution is -0.160. The third-order valence-corrected chi connectivity index (χ3v) is 10.1. The lowest BCUT2D eigenvalue weighted by Crippen LogP contribution is -2.53. The number of aryl methyl sites for hydroxylation is 1. The predicted molar refractivity (Wildman–Crippen MR) is 273 cm³/mol. The molecule has 21 nitrogen and oxygen atoms in total. The highest BCUT2D eigenvalue weighted by molar-refractivity contribution is 5.90. The third-order valence-electron chi connectivity index (χ3n) is 10.1. The van der Waals surface area contributed by atoms with E-state index in [1.807, 2.05) is 36.4 Å². The van der Waals surface area contributed by atoms with E-state index < -0.39 is 76.8 Å². The molecule has 0 bridgehead atoms. The van der Waals surface area contributed by atoms with E-state index in [9.17, 15) is 43.5 Å². The van der Waals surface area contributed by atoms with Crippen molar-refractivity contribution in [2.75, 3.05) is 58.9 Å². The first kappa shape index (κ1) is 60.7. The number of rotatable bonds is 25. The summed E-state index contributed by atoms with van der Waals surface area (Å²) in [5.74, 6) is -4.40.